The number of aromatic nitrogens is 5. The Morgan fingerprint density at radius 3 is 2.94 bits per heavy atom. The van der Waals surface area contributed by atoms with Gasteiger partial charge in [-0.1, -0.05) is 6.07 Å². The predicted octanol–water partition coefficient (Wildman–Crippen LogP) is 0.921. The van der Waals surface area contributed by atoms with Gasteiger partial charge in [-0.15, -0.1) is 0 Å². The number of nitrogen functional groups attached to an aromatic ring is 1. The van der Waals surface area contributed by atoms with Gasteiger partial charge in [0.2, 0.25) is 5.95 Å². The Labute approximate surface area is 97.0 Å². The number of pyridine rings is 1. The van der Waals surface area contributed by atoms with Crippen LogP contribution < -0.4 is 5.73 Å². The number of imidazole rings is 1. The fraction of sp³-hybridized carbons (Fsp3) is 0.0909. The van der Waals surface area contributed by atoms with Crippen LogP contribution in [0.1, 0.15) is 11.4 Å². The van der Waals surface area contributed by atoms with Gasteiger partial charge in [0.25, 0.3) is 0 Å². The Balaban J connectivity index is 2.08. The summed E-state index contributed by atoms with van der Waals surface area (Å²) in [6.45, 7) is 0. The van der Waals surface area contributed by atoms with Crippen LogP contribution in [0.2, 0.25) is 0 Å². The molecule has 0 aliphatic heterocycles. The minimum atomic E-state index is 0.243. The van der Waals surface area contributed by atoms with Crippen molar-refractivity contribution in [3.05, 3.63) is 42.1 Å². The minimum Gasteiger partial charge on any atom is -0.368 e. The second-order valence-corrected chi connectivity index (χ2v) is 3.63. The summed E-state index contributed by atoms with van der Waals surface area (Å²) in [5, 5.41) is 0. The van der Waals surface area contributed by atoms with Crippen LogP contribution in [0.15, 0.2) is 30.7 Å². The molecule has 17 heavy (non-hydrogen) atoms. The molecular formula is C11H10N6. The highest BCUT2D eigenvalue weighted by atomic mass is 15.1. The number of nitrogens with two attached hydrogens (primary N) is 1. The number of nitrogens with zero attached hydrogens (tertiary/aromatic N) is 4. The van der Waals surface area contributed by atoms with Crippen LogP contribution in [0.25, 0.3) is 11.2 Å². The molecular weight excluding hydrogens is 216 g/mol. The molecule has 6 heteroatoms. The van der Waals surface area contributed by atoms with Crippen molar-refractivity contribution in [2.75, 3.05) is 5.73 Å². The van der Waals surface area contributed by atoms with Crippen molar-refractivity contribution in [1.82, 2.24) is 24.9 Å². The zero-order valence-electron chi connectivity index (χ0n) is 8.96. The number of anilines is 1. The number of hydrogen-bond acceptors (Lipinski definition) is 5. The monoisotopic (exact) mass is 226 g/mol. The number of aromatic amines is 1. The molecule has 0 saturated heterocycles. The summed E-state index contributed by atoms with van der Waals surface area (Å²) in [4.78, 5) is 19.7. The standard InChI is InChI=1S/C11H10N6/c12-11-16-8(5-7-3-1-2-4-13-7)9-10(17-11)15-6-14-9/h1-4,6H,5H2,(H3,12,14,15,16,17). The van der Waals surface area contributed by atoms with Gasteiger partial charge in [-0.25, -0.2) is 9.97 Å². The second kappa shape index (κ2) is 3.82. The van der Waals surface area contributed by atoms with E-state index >= 15 is 0 Å². The van der Waals surface area contributed by atoms with E-state index in [4.69, 9.17) is 5.73 Å². The molecule has 0 atom stereocenters. The molecule has 0 saturated carbocycles. The lowest BCUT2D eigenvalue weighted by atomic mass is 10.2. The lowest BCUT2D eigenvalue weighted by molar-refractivity contribution is 1.01. The zero-order valence-corrected chi connectivity index (χ0v) is 8.96. The molecule has 0 aliphatic rings. The topological polar surface area (TPSA) is 93.4 Å². The van der Waals surface area contributed by atoms with Gasteiger partial charge in [0.1, 0.15) is 5.52 Å². The third-order valence-corrected chi connectivity index (χ3v) is 2.44. The van der Waals surface area contributed by atoms with Gasteiger partial charge in [0.15, 0.2) is 5.65 Å². The Bertz CT molecular complexity index is 645. The van der Waals surface area contributed by atoms with Gasteiger partial charge >= 0.3 is 0 Å². The predicted molar refractivity (Wildman–Crippen MR) is 63.1 cm³/mol. The van der Waals surface area contributed by atoms with Gasteiger partial charge in [-0.3, -0.25) is 4.98 Å². The van der Waals surface area contributed by atoms with Crippen LogP contribution in [0.4, 0.5) is 5.95 Å². The largest absolute Gasteiger partial charge is 0.368 e. The van der Waals surface area contributed by atoms with Crippen LogP contribution in [0.3, 0.4) is 0 Å². The van der Waals surface area contributed by atoms with E-state index in [1.807, 2.05) is 18.2 Å². The minimum absolute atomic E-state index is 0.243. The number of fused-ring (bicyclic) bond motifs is 1. The lowest BCUT2D eigenvalue weighted by Gasteiger charge is -2.02. The smallest absolute Gasteiger partial charge is 0.222 e. The summed E-state index contributed by atoms with van der Waals surface area (Å²) < 4.78 is 0. The van der Waals surface area contributed by atoms with Crippen LogP contribution >= 0.6 is 0 Å². The molecule has 0 aliphatic carbocycles. The Hall–Kier alpha value is -2.50. The fourth-order valence-electron chi connectivity index (χ4n) is 1.71. The number of nitrogens with one attached hydrogen (secondary N) is 1. The van der Waals surface area contributed by atoms with Crippen LogP contribution in [-0.2, 0) is 6.42 Å². The normalized spacial score (nSPS) is 10.8. The average molecular weight is 226 g/mol. The first kappa shape index (κ1) is 9.71. The van der Waals surface area contributed by atoms with Crippen LogP contribution in [0.5, 0.6) is 0 Å². The van der Waals surface area contributed by atoms with Crippen molar-refractivity contribution in [3.8, 4) is 0 Å². The van der Waals surface area contributed by atoms with E-state index in [9.17, 15) is 0 Å². The number of H-pyrrole nitrogens is 1. The molecule has 0 aromatic carbocycles. The van der Waals surface area contributed by atoms with E-state index in [0.717, 1.165) is 16.9 Å². The molecule has 0 unspecified atom stereocenters. The first-order valence-electron chi connectivity index (χ1n) is 5.18. The maximum atomic E-state index is 5.65. The lowest BCUT2D eigenvalue weighted by Crippen LogP contribution is -2.02. The highest BCUT2D eigenvalue weighted by molar-refractivity contribution is 5.74. The van der Waals surface area contributed by atoms with Gasteiger partial charge in [0, 0.05) is 18.3 Å². The van der Waals surface area contributed by atoms with Crippen LogP contribution in [0, 0.1) is 0 Å². The summed E-state index contributed by atoms with van der Waals surface area (Å²) >= 11 is 0. The molecule has 0 bridgehead atoms. The summed E-state index contributed by atoms with van der Waals surface area (Å²) in [7, 11) is 0. The van der Waals surface area contributed by atoms with E-state index in [1.54, 1.807) is 12.5 Å². The molecule has 0 fully saturated rings. The van der Waals surface area contributed by atoms with Crippen molar-refractivity contribution < 1.29 is 0 Å². The molecule has 84 valence electrons. The van der Waals surface area contributed by atoms with E-state index in [0.29, 0.717) is 12.1 Å². The summed E-state index contributed by atoms with van der Waals surface area (Å²) in [6.07, 6.45) is 3.93. The Morgan fingerprint density at radius 2 is 2.12 bits per heavy atom. The SMILES string of the molecule is Nc1nc(Cc2ccccn2)c2nc[nH]c2n1. The Kier molecular flexibility index (Phi) is 2.18. The van der Waals surface area contributed by atoms with Gasteiger partial charge in [-0.05, 0) is 12.1 Å². The summed E-state index contributed by atoms with van der Waals surface area (Å²) in [6, 6.07) is 5.76. The van der Waals surface area contributed by atoms with Crippen molar-refractivity contribution in [3.63, 3.8) is 0 Å². The highest BCUT2D eigenvalue weighted by Crippen LogP contribution is 2.15. The van der Waals surface area contributed by atoms with E-state index in [-0.39, 0.29) is 5.95 Å². The fourth-order valence-corrected chi connectivity index (χ4v) is 1.71. The molecule has 0 radical (unpaired) electrons. The summed E-state index contributed by atoms with van der Waals surface area (Å²) in [5.74, 6) is 0.243. The van der Waals surface area contributed by atoms with E-state index in [2.05, 4.69) is 24.9 Å². The van der Waals surface area contributed by atoms with E-state index < -0.39 is 0 Å². The molecule has 3 aromatic rings. The van der Waals surface area contributed by atoms with Crippen molar-refractivity contribution >= 4 is 17.1 Å². The highest BCUT2D eigenvalue weighted by Gasteiger charge is 2.09. The van der Waals surface area contributed by atoms with Crippen molar-refractivity contribution in [1.29, 1.82) is 0 Å². The third-order valence-electron chi connectivity index (χ3n) is 2.44. The first-order valence-corrected chi connectivity index (χ1v) is 5.18. The van der Waals surface area contributed by atoms with E-state index in [1.165, 1.54) is 0 Å². The zero-order chi connectivity index (χ0) is 11.7. The number of hydrogen-bond donors (Lipinski definition) is 2. The Morgan fingerprint density at radius 1 is 1.18 bits per heavy atom. The van der Waals surface area contributed by atoms with Crippen LogP contribution in [-0.4, -0.2) is 24.9 Å². The number of rotatable bonds is 2. The maximum Gasteiger partial charge on any atom is 0.222 e. The molecule has 3 rings (SSSR count). The molecule has 0 spiro atoms. The summed E-state index contributed by atoms with van der Waals surface area (Å²) in [5.41, 5.74) is 8.75. The second-order valence-electron chi connectivity index (χ2n) is 3.63. The third kappa shape index (κ3) is 1.80. The first-order chi connectivity index (χ1) is 8.33. The molecule has 3 N–H and O–H groups in total. The quantitative estimate of drug-likeness (QED) is 0.677. The molecule has 3 aromatic heterocycles. The maximum absolute atomic E-state index is 5.65. The average Bonchev–Trinajstić information content (AvgIpc) is 2.78. The van der Waals surface area contributed by atoms with Crippen molar-refractivity contribution in [2.45, 2.75) is 6.42 Å². The van der Waals surface area contributed by atoms with Gasteiger partial charge in [0.05, 0.1) is 12.0 Å². The van der Waals surface area contributed by atoms with Crippen molar-refractivity contribution in [2.24, 2.45) is 0 Å². The molecule has 6 nitrogen and oxygen atoms in total. The molecule has 0 amide bonds. The van der Waals surface area contributed by atoms with Gasteiger partial charge in [-0.2, -0.15) is 4.98 Å². The van der Waals surface area contributed by atoms with Gasteiger partial charge < -0.3 is 10.7 Å². The molecule has 3 heterocycles.